The highest BCUT2D eigenvalue weighted by Crippen LogP contribution is 2.39. The predicted octanol–water partition coefficient (Wildman–Crippen LogP) is 1.72. The molecule has 2 atom stereocenters. The fraction of sp³-hybridized carbons (Fsp3) is 0.357. The molecule has 104 valence electrons. The third-order valence-corrected chi connectivity index (χ3v) is 3.66. The molecule has 1 aromatic heterocycles. The molecule has 1 fully saturated rings. The van der Waals surface area contributed by atoms with Crippen LogP contribution >= 0.6 is 0 Å². The van der Waals surface area contributed by atoms with Crippen LogP contribution in [0.15, 0.2) is 24.4 Å². The van der Waals surface area contributed by atoms with Crippen molar-refractivity contribution in [3.8, 4) is 0 Å². The molecule has 0 aliphatic heterocycles. The number of fused-ring (bicyclic) bond motifs is 1. The van der Waals surface area contributed by atoms with Crippen LogP contribution in [0.2, 0.25) is 0 Å². The van der Waals surface area contributed by atoms with Gasteiger partial charge in [0.2, 0.25) is 5.91 Å². The first kappa shape index (κ1) is 12.7. The lowest BCUT2D eigenvalue weighted by Gasteiger charge is -2.05. The highest BCUT2D eigenvalue weighted by Gasteiger charge is 2.48. The Balaban J connectivity index is 1.78. The summed E-state index contributed by atoms with van der Waals surface area (Å²) in [4.78, 5) is 22.7. The van der Waals surface area contributed by atoms with Gasteiger partial charge in [0.15, 0.2) is 0 Å². The number of aliphatic carboxylic acids is 1. The summed E-state index contributed by atoms with van der Waals surface area (Å²) in [6.07, 6.45) is 2.21. The molecule has 1 aliphatic rings. The Kier molecular flexibility index (Phi) is 2.93. The molecule has 2 N–H and O–H groups in total. The van der Waals surface area contributed by atoms with Gasteiger partial charge in [-0.15, -0.1) is 0 Å². The normalized spacial score (nSPS) is 20.9. The van der Waals surface area contributed by atoms with Crippen LogP contribution in [0.1, 0.15) is 13.3 Å². The Morgan fingerprint density at radius 2 is 2.25 bits per heavy atom. The molecule has 0 spiro atoms. The molecule has 1 amide bonds. The number of carbonyl (C=O) groups is 2. The standard InChI is InChI=1S/C14H15N3O3/c1-2-17-12-5-9(4-3-8(12)7-15-17)16-13(18)10-6-11(10)14(19)20/h3-5,7,10-11H,2,6H2,1H3,(H,16,18)(H,19,20)/t10-,11+/m0/s1. The molecule has 1 aromatic carbocycles. The van der Waals surface area contributed by atoms with Crippen LogP contribution in [0.25, 0.3) is 10.9 Å². The van der Waals surface area contributed by atoms with Gasteiger partial charge in [-0.3, -0.25) is 14.3 Å². The molecule has 0 radical (unpaired) electrons. The molecular formula is C14H15N3O3. The van der Waals surface area contributed by atoms with Gasteiger partial charge < -0.3 is 10.4 Å². The Hall–Kier alpha value is -2.37. The van der Waals surface area contributed by atoms with E-state index in [-0.39, 0.29) is 5.91 Å². The Morgan fingerprint density at radius 3 is 2.90 bits per heavy atom. The number of anilines is 1. The Bertz CT molecular complexity index is 692. The van der Waals surface area contributed by atoms with Gasteiger partial charge in [0.1, 0.15) is 0 Å². The third-order valence-electron chi connectivity index (χ3n) is 3.66. The van der Waals surface area contributed by atoms with Crippen molar-refractivity contribution in [2.45, 2.75) is 19.9 Å². The maximum absolute atomic E-state index is 11.9. The zero-order chi connectivity index (χ0) is 14.3. The Morgan fingerprint density at radius 1 is 1.45 bits per heavy atom. The number of hydrogen-bond acceptors (Lipinski definition) is 3. The van der Waals surface area contributed by atoms with E-state index in [1.165, 1.54) is 0 Å². The van der Waals surface area contributed by atoms with E-state index in [9.17, 15) is 9.59 Å². The zero-order valence-electron chi connectivity index (χ0n) is 11.0. The molecule has 0 unspecified atom stereocenters. The number of hydrogen-bond donors (Lipinski definition) is 2. The van der Waals surface area contributed by atoms with Crippen molar-refractivity contribution >= 4 is 28.5 Å². The first-order valence-corrected chi connectivity index (χ1v) is 6.59. The lowest BCUT2D eigenvalue weighted by molar-refractivity contribution is -0.139. The number of carbonyl (C=O) groups excluding carboxylic acids is 1. The van der Waals surface area contributed by atoms with Crippen LogP contribution in [0.3, 0.4) is 0 Å². The summed E-state index contributed by atoms with van der Waals surface area (Å²) in [6, 6.07) is 5.56. The zero-order valence-corrected chi connectivity index (χ0v) is 11.0. The summed E-state index contributed by atoms with van der Waals surface area (Å²) in [5, 5.41) is 16.9. The van der Waals surface area contributed by atoms with Gasteiger partial charge in [0.25, 0.3) is 0 Å². The van der Waals surface area contributed by atoms with Crippen LogP contribution < -0.4 is 5.32 Å². The highest BCUT2D eigenvalue weighted by atomic mass is 16.4. The fourth-order valence-corrected chi connectivity index (χ4v) is 2.39. The smallest absolute Gasteiger partial charge is 0.307 e. The van der Waals surface area contributed by atoms with Crippen molar-refractivity contribution in [1.82, 2.24) is 9.78 Å². The minimum atomic E-state index is -0.898. The number of rotatable bonds is 4. The van der Waals surface area contributed by atoms with Gasteiger partial charge in [-0.05, 0) is 31.5 Å². The summed E-state index contributed by atoms with van der Waals surface area (Å²) in [5.41, 5.74) is 1.63. The lowest BCUT2D eigenvalue weighted by atomic mass is 10.2. The molecular weight excluding hydrogens is 258 g/mol. The van der Waals surface area contributed by atoms with Crippen LogP contribution in [0.5, 0.6) is 0 Å². The summed E-state index contributed by atoms with van der Waals surface area (Å²) < 4.78 is 1.85. The van der Waals surface area contributed by atoms with E-state index in [0.717, 1.165) is 17.4 Å². The first-order chi connectivity index (χ1) is 9.60. The minimum absolute atomic E-state index is 0.223. The van der Waals surface area contributed by atoms with Crippen molar-refractivity contribution in [2.75, 3.05) is 5.32 Å². The van der Waals surface area contributed by atoms with Gasteiger partial charge in [-0.2, -0.15) is 5.10 Å². The predicted molar refractivity (Wildman–Crippen MR) is 73.3 cm³/mol. The fourth-order valence-electron chi connectivity index (χ4n) is 2.39. The molecule has 20 heavy (non-hydrogen) atoms. The first-order valence-electron chi connectivity index (χ1n) is 6.59. The molecule has 1 saturated carbocycles. The molecule has 3 rings (SSSR count). The number of amides is 1. The van der Waals surface area contributed by atoms with E-state index in [0.29, 0.717) is 12.1 Å². The number of nitrogens with zero attached hydrogens (tertiary/aromatic N) is 2. The number of benzene rings is 1. The van der Waals surface area contributed by atoms with Gasteiger partial charge in [-0.1, -0.05) is 0 Å². The van der Waals surface area contributed by atoms with Crippen LogP contribution in [-0.4, -0.2) is 26.8 Å². The van der Waals surface area contributed by atoms with Gasteiger partial charge >= 0.3 is 5.97 Å². The van der Waals surface area contributed by atoms with Crippen molar-refractivity contribution in [3.63, 3.8) is 0 Å². The van der Waals surface area contributed by atoms with Gasteiger partial charge in [0, 0.05) is 17.6 Å². The van der Waals surface area contributed by atoms with Crippen molar-refractivity contribution in [2.24, 2.45) is 11.8 Å². The maximum Gasteiger partial charge on any atom is 0.307 e. The number of carboxylic acids is 1. The summed E-state index contributed by atoms with van der Waals surface area (Å²) in [6.45, 7) is 2.75. The quantitative estimate of drug-likeness (QED) is 0.888. The number of aromatic nitrogens is 2. The van der Waals surface area contributed by atoms with Gasteiger partial charge in [0.05, 0.1) is 23.5 Å². The van der Waals surface area contributed by atoms with Crippen LogP contribution in [0, 0.1) is 11.8 Å². The monoisotopic (exact) mass is 273 g/mol. The average molecular weight is 273 g/mol. The molecule has 1 aliphatic carbocycles. The van der Waals surface area contributed by atoms with Gasteiger partial charge in [-0.25, -0.2) is 0 Å². The van der Waals surface area contributed by atoms with E-state index in [1.807, 2.05) is 23.7 Å². The minimum Gasteiger partial charge on any atom is -0.481 e. The van der Waals surface area contributed by atoms with Crippen LogP contribution in [-0.2, 0) is 16.1 Å². The average Bonchev–Trinajstić information content (AvgIpc) is 3.14. The molecule has 6 nitrogen and oxygen atoms in total. The number of nitrogens with one attached hydrogen (secondary N) is 1. The summed E-state index contributed by atoms with van der Waals surface area (Å²) >= 11 is 0. The molecule has 1 heterocycles. The summed E-state index contributed by atoms with van der Waals surface area (Å²) in [5.74, 6) is -2.05. The largest absolute Gasteiger partial charge is 0.481 e. The van der Waals surface area contributed by atoms with Crippen molar-refractivity contribution < 1.29 is 14.7 Å². The summed E-state index contributed by atoms with van der Waals surface area (Å²) in [7, 11) is 0. The maximum atomic E-state index is 11.9. The lowest BCUT2D eigenvalue weighted by Crippen LogP contribution is -2.16. The second kappa shape index (κ2) is 4.63. The molecule has 0 bridgehead atoms. The second-order valence-electron chi connectivity index (χ2n) is 5.01. The second-order valence-corrected chi connectivity index (χ2v) is 5.01. The van der Waals surface area contributed by atoms with Crippen molar-refractivity contribution in [3.05, 3.63) is 24.4 Å². The van der Waals surface area contributed by atoms with E-state index in [4.69, 9.17) is 5.11 Å². The van der Waals surface area contributed by atoms with E-state index < -0.39 is 17.8 Å². The van der Waals surface area contributed by atoms with E-state index in [2.05, 4.69) is 10.4 Å². The molecule has 0 saturated heterocycles. The van der Waals surface area contributed by atoms with E-state index >= 15 is 0 Å². The topological polar surface area (TPSA) is 84.2 Å². The highest BCUT2D eigenvalue weighted by molar-refractivity contribution is 5.99. The van der Waals surface area contributed by atoms with Crippen LogP contribution in [0.4, 0.5) is 5.69 Å². The molecule has 2 aromatic rings. The Labute approximate surface area is 115 Å². The van der Waals surface area contributed by atoms with E-state index in [1.54, 1.807) is 12.3 Å². The number of aryl methyl sites for hydroxylation is 1. The van der Waals surface area contributed by atoms with Crippen molar-refractivity contribution in [1.29, 1.82) is 0 Å². The number of carboxylic acid groups (broad SMARTS) is 1. The SMILES string of the molecule is CCn1ncc2ccc(NC(=O)[C@H]3C[C@H]3C(=O)O)cc21. The molecule has 6 heteroatoms. The third kappa shape index (κ3) is 2.13.